The van der Waals surface area contributed by atoms with E-state index in [-0.39, 0.29) is 5.95 Å². The lowest BCUT2D eigenvalue weighted by Gasteiger charge is -1.98. The SMILES string of the molecule is Nc1cnn(-c2ccnc(N)n2)c1. The molecular formula is C7H8N6. The van der Waals surface area contributed by atoms with Crippen LogP contribution in [0.2, 0.25) is 0 Å². The minimum absolute atomic E-state index is 0.214. The van der Waals surface area contributed by atoms with Gasteiger partial charge in [-0.2, -0.15) is 10.1 Å². The number of anilines is 2. The van der Waals surface area contributed by atoms with Crippen LogP contribution in [0, 0.1) is 0 Å². The molecule has 0 aliphatic heterocycles. The van der Waals surface area contributed by atoms with Crippen molar-refractivity contribution in [2.24, 2.45) is 0 Å². The second kappa shape index (κ2) is 2.74. The van der Waals surface area contributed by atoms with Gasteiger partial charge < -0.3 is 11.5 Å². The van der Waals surface area contributed by atoms with Gasteiger partial charge >= 0.3 is 0 Å². The predicted molar refractivity (Wildman–Crippen MR) is 48.0 cm³/mol. The van der Waals surface area contributed by atoms with Gasteiger partial charge in [0.25, 0.3) is 0 Å². The van der Waals surface area contributed by atoms with Crippen LogP contribution in [0.15, 0.2) is 24.7 Å². The summed E-state index contributed by atoms with van der Waals surface area (Å²) in [5.41, 5.74) is 11.5. The first-order chi connectivity index (χ1) is 6.25. The summed E-state index contributed by atoms with van der Waals surface area (Å²) < 4.78 is 1.54. The monoisotopic (exact) mass is 176 g/mol. The fourth-order valence-corrected chi connectivity index (χ4v) is 0.953. The lowest BCUT2D eigenvalue weighted by Crippen LogP contribution is -2.02. The predicted octanol–water partition coefficient (Wildman–Crippen LogP) is -0.173. The Morgan fingerprint density at radius 1 is 1.31 bits per heavy atom. The number of nitrogen functional groups attached to an aromatic ring is 2. The van der Waals surface area contributed by atoms with Crippen molar-refractivity contribution in [3.8, 4) is 5.82 Å². The maximum absolute atomic E-state index is 5.50. The Morgan fingerprint density at radius 3 is 2.77 bits per heavy atom. The first-order valence-electron chi connectivity index (χ1n) is 3.65. The van der Waals surface area contributed by atoms with Crippen molar-refractivity contribution in [1.82, 2.24) is 19.7 Å². The number of hydrogen-bond acceptors (Lipinski definition) is 5. The fourth-order valence-electron chi connectivity index (χ4n) is 0.953. The number of nitrogens with two attached hydrogens (primary N) is 2. The van der Waals surface area contributed by atoms with Gasteiger partial charge in [-0.25, -0.2) is 9.67 Å². The third-order valence-corrected chi connectivity index (χ3v) is 1.50. The highest BCUT2D eigenvalue weighted by Gasteiger charge is 1.99. The maximum Gasteiger partial charge on any atom is 0.221 e. The minimum Gasteiger partial charge on any atom is -0.396 e. The summed E-state index contributed by atoms with van der Waals surface area (Å²) in [7, 11) is 0. The molecule has 0 amide bonds. The van der Waals surface area contributed by atoms with E-state index in [9.17, 15) is 0 Å². The van der Waals surface area contributed by atoms with Crippen LogP contribution in [0.1, 0.15) is 0 Å². The summed E-state index contributed by atoms with van der Waals surface area (Å²) in [6.45, 7) is 0. The van der Waals surface area contributed by atoms with Crippen molar-refractivity contribution < 1.29 is 0 Å². The molecule has 6 heteroatoms. The number of nitrogens with zero attached hydrogens (tertiary/aromatic N) is 4. The van der Waals surface area contributed by atoms with Crippen molar-refractivity contribution in [3.63, 3.8) is 0 Å². The molecule has 2 rings (SSSR count). The molecule has 4 N–H and O–H groups in total. The van der Waals surface area contributed by atoms with Gasteiger partial charge in [-0.15, -0.1) is 0 Å². The average Bonchev–Trinajstić information content (AvgIpc) is 2.52. The molecule has 2 aromatic heterocycles. The van der Waals surface area contributed by atoms with Gasteiger partial charge in [-0.05, 0) is 0 Å². The molecule has 0 unspecified atom stereocenters. The summed E-state index contributed by atoms with van der Waals surface area (Å²) in [6, 6.07) is 1.70. The van der Waals surface area contributed by atoms with Gasteiger partial charge in [0.1, 0.15) is 0 Å². The zero-order valence-electron chi connectivity index (χ0n) is 6.75. The molecule has 6 nitrogen and oxygen atoms in total. The van der Waals surface area contributed by atoms with Crippen LogP contribution in [0.5, 0.6) is 0 Å². The van der Waals surface area contributed by atoms with E-state index in [2.05, 4.69) is 15.1 Å². The molecule has 0 saturated carbocycles. The van der Waals surface area contributed by atoms with Crippen LogP contribution < -0.4 is 11.5 Å². The molecule has 66 valence electrons. The molecule has 0 saturated heterocycles. The van der Waals surface area contributed by atoms with E-state index < -0.39 is 0 Å². The highest BCUT2D eigenvalue weighted by molar-refractivity contribution is 5.35. The van der Waals surface area contributed by atoms with Crippen LogP contribution in [-0.2, 0) is 0 Å². The molecule has 2 heterocycles. The molecule has 2 aromatic rings. The van der Waals surface area contributed by atoms with E-state index in [1.807, 2.05) is 0 Å². The first kappa shape index (κ1) is 7.53. The van der Waals surface area contributed by atoms with Crippen LogP contribution in [0.3, 0.4) is 0 Å². The number of hydrogen-bond donors (Lipinski definition) is 2. The summed E-state index contributed by atoms with van der Waals surface area (Å²) >= 11 is 0. The van der Waals surface area contributed by atoms with E-state index in [1.165, 1.54) is 10.9 Å². The van der Waals surface area contributed by atoms with Crippen LogP contribution in [0.4, 0.5) is 11.6 Å². The van der Waals surface area contributed by atoms with Crippen LogP contribution in [0.25, 0.3) is 5.82 Å². The van der Waals surface area contributed by atoms with Crippen molar-refractivity contribution in [2.45, 2.75) is 0 Å². The molecule has 0 bridgehead atoms. The Bertz CT molecular complexity index is 420. The standard InChI is InChI=1S/C7H8N6/c8-5-3-11-13(4-5)6-1-2-10-7(9)12-6/h1-4H,8H2,(H2,9,10,12). The lowest BCUT2D eigenvalue weighted by atomic mass is 10.5. The summed E-state index contributed by atoms with van der Waals surface area (Å²) in [6.07, 6.45) is 4.76. The summed E-state index contributed by atoms with van der Waals surface area (Å²) in [5, 5.41) is 3.97. The molecule has 0 aliphatic carbocycles. The van der Waals surface area contributed by atoms with Crippen molar-refractivity contribution in [3.05, 3.63) is 24.7 Å². The second-order valence-electron chi connectivity index (χ2n) is 2.49. The van der Waals surface area contributed by atoms with E-state index >= 15 is 0 Å². The van der Waals surface area contributed by atoms with Gasteiger partial charge in [-0.3, -0.25) is 0 Å². The zero-order valence-corrected chi connectivity index (χ0v) is 6.75. The fraction of sp³-hybridized carbons (Fsp3) is 0. The Labute approximate surface area is 74.2 Å². The highest BCUT2D eigenvalue weighted by Crippen LogP contribution is 2.06. The van der Waals surface area contributed by atoms with Crippen molar-refractivity contribution in [2.75, 3.05) is 11.5 Å². The topological polar surface area (TPSA) is 95.6 Å². The van der Waals surface area contributed by atoms with Gasteiger partial charge in [-0.1, -0.05) is 0 Å². The Morgan fingerprint density at radius 2 is 2.15 bits per heavy atom. The normalized spacial score (nSPS) is 10.2. The minimum atomic E-state index is 0.214. The van der Waals surface area contributed by atoms with Gasteiger partial charge in [0.05, 0.1) is 18.1 Å². The van der Waals surface area contributed by atoms with E-state index in [0.29, 0.717) is 11.5 Å². The van der Waals surface area contributed by atoms with Gasteiger partial charge in [0.2, 0.25) is 5.95 Å². The molecular weight excluding hydrogens is 168 g/mol. The highest BCUT2D eigenvalue weighted by atomic mass is 15.3. The van der Waals surface area contributed by atoms with Crippen LogP contribution in [-0.4, -0.2) is 19.7 Å². The molecule has 0 fully saturated rings. The van der Waals surface area contributed by atoms with E-state index in [1.54, 1.807) is 18.5 Å². The smallest absolute Gasteiger partial charge is 0.221 e. The summed E-state index contributed by atoms with van der Waals surface area (Å²) in [5.74, 6) is 0.816. The van der Waals surface area contributed by atoms with E-state index in [0.717, 1.165) is 0 Å². The Hall–Kier alpha value is -2.11. The Balaban J connectivity index is 2.46. The Kier molecular flexibility index (Phi) is 1.59. The third-order valence-electron chi connectivity index (χ3n) is 1.50. The number of aromatic nitrogens is 4. The van der Waals surface area contributed by atoms with E-state index in [4.69, 9.17) is 11.5 Å². The lowest BCUT2D eigenvalue weighted by molar-refractivity contribution is 0.843. The largest absolute Gasteiger partial charge is 0.396 e. The van der Waals surface area contributed by atoms with Gasteiger partial charge in [0, 0.05) is 12.3 Å². The molecule has 0 aliphatic rings. The average molecular weight is 176 g/mol. The molecule has 0 aromatic carbocycles. The zero-order chi connectivity index (χ0) is 9.26. The second-order valence-corrected chi connectivity index (χ2v) is 2.49. The molecule has 0 radical (unpaired) electrons. The maximum atomic E-state index is 5.50. The van der Waals surface area contributed by atoms with Crippen LogP contribution >= 0.6 is 0 Å². The molecule has 0 atom stereocenters. The van der Waals surface area contributed by atoms with Crippen molar-refractivity contribution >= 4 is 11.6 Å². The molecule has 0 spiro atoms. The third kappa shape index (κ3) is 1.41. The number of rotatable bonds is 1. The molecule has 13 heavy (non-hydrogen) atoms. The first-order valence-corrected chi connectivity index (χ1v) is 3.65. The summed E-state index contributed by atoms with van der Waals surface area (Å²) in [4.78, 5) is 7.73. The van der Waals surface area contributed by atoms with Crippen molar-refractivity contribution in [1.29, 1.82) is 0 Å². The van der Waals surface area contributed by atoms with Gasteiger partial charge in [0.15, 0.2) is 5.82 Å². The quantitative estimate of drug-likeness (QED) is 0.628.